The highest BCUT2D eigenvalue weighted by molar-refractivity contribution is 5.87. The molecule has 1 amide bonds. The lowest BCUT2D eigenvalue weighted by Gasteiger charge is -2.27. The molecule has 1 atom stereocenters. The number of amides is 1. The van der Waals surface area contributed by atoms with Gasteiger partial charge >= 0.3 is 0 Å². The fourth-order valence-electron chi connectivity index (χ4n) is 3.34. The Morgan fingerprint density at radius 3 is 2.83 bits per heavy atom. The van der Waals surface area contributed by atoms with Gasteiger partial charge in [0.15, 0.2) is 0 Å². The minimum Gasteiger partial charge on any atom is -0.361 e. The highest BCUT2D eigenvalue weighted by Crippen LogP contribution is 2.29. The van der Waals surface area contributed by atoms with Crippen molar-refractivity contribution >= 4 is 5.91 Å². The number of carbonyl (C=O) groups is 1. The second-order valence-corrected chi connectivity index (χ2v) is 7.08. The van der Waals surface area contributed by atoms with Gasteiger partial charge in [-0.2, -0.15) is 0 Å². The SMILES string of the molecule is Cc1ccc(-c2cc(CC3(C(=O)NC4CC4)CCCN3)on2)cc1. The van der Waals surface area contributed by atoms with Gasteiger partial charge < -0.3 is 15.2 Å². The molecule has 4 rings (SSSR count). The lowest BCUT2D eigenvalue weighted by Crippen LogP contribution is -2.55. The highest BCUT2D eigenvalue weighted by atomic mass is 16.5. The van der Waals surface area contributed by atoms with Gasteiger partial charge in [-0.25, -0.2) is 0 Å². The van der Waals surface area contributed by atoms with Gasteiger partial charge in [0.05, 0.1) is 0 Å². The van der Waals surface area contributed by atoms with Crippen molar-refractivity contribution < 1.29 is 9.32 Å². The van der Waals surface area contributed by atoms with Crippen molar-refractivity contribution in [1.82, 2.24) is 15.8 Å². The summed E-state index contributed by atoms with van der Waals surface area (Å²) in [5, 5.41) is 10.7. The molecule has 24 heavy (non-hydrogen) atoms. The molecule has 1 aliphatic carbocycles. The van der Waals surface area contributed by atoms with E-state index in [9.17, 15) is 4.79 Å². The molecular formula is C19H23N3O2. The molecule has 5 heteroatoms. The summed E-state index contributed by atoms with van der Waals surface area (Å²) < 4.78 is 5.54. The second-order valence-electron chi connectivity index (χ2n) is 7.08. The van der Waals surface area contributed by atoms with Crippen LogP contribution >= 0.6 is 0 Å². The summed E-state index contributed by atoms with van der Waals surface area (Å²) in [7, 11) is 0. The van der Waals surface area contributed by atoms with E-state index < -0.39 is 5.54 Å². The van der Waals surface area contributed by atoms with Crippen molar-refractivity contribution in [2.75, 3.05) is 6.54 Å². The topological polar surface area (TPSA) is 67.2 Å². The molecule has 1 saturated carbocycles. The monoisotopic (exact) mass is 325 g/mol. The third kappa shape index (κ3) is 3.08. The van der Waals surface area contributed by atoms with Crippen LogP contribution in [0.5, 0.6) is 0 Å². The van der Waals surface area contributed by atoms with Gasteiger partial charge in [-0.1, -0.05) is 35.0 Å². The van der Waals surface area contributed by atoms with Gasteiger partial charge in [-0.15, -0.1) is 0 Å². The predicted octanol–water partition coefficient (Wildman–Crippen LogP) is 2.59. The standard InChI is InChI=1S/C19H23N3O2/c1-13-3-5-14(6-4-13)17-11-16(24-22-17)12-19(9-2-10-20-19)18(23)21-15-7-8-15/h3-6,11,15,20H,2,7-10,12H2,1H3,(H,21,23). The molecular weight excluding hydrogens is 302 g/mol. The van der Waals surface area contributed by atoms with Crippen molar-refractivity contribution in [2.24, 2.45) is 0 Å². The van der Waals surface area contributed by atoms with Crippen molar-refractivity contribution in [3.63, 3.8) is 0 Å². The Kier molecular flexibility index (Phi) is 3.88. The van der Waals surface area contributed by atoms with E-state index >= 15 is 0 Å². The minimum absolute atomic E-state index is 0.107. The molecule has 0 spiro atoms. The number of carbonyl (C=O) groups excluding carboxylic acids is 1. The van der Waals surface area contributed by atoms with E-state index in [4.69, 9.17) is 4.52 Å². The average molecular weight is 325 g/mol. The van der Waals surface area contributed by atoms with E-state index in [2.05, 4.69) is 34.8 Å². The molecule has 1 aliphatic heterocycles. The summed E-state index contributed by atoms with van der Waals surface area (Å²) in [4.78, 5) is 12.7. The van der Waals surface area contributed by atoms with E-state index in [0.717, 1.165) is 49.2 Å². The van der Waals surface area contributed by atoms with Crippen LogP contribution in [0, 0.1) is 6.92 Å². The van der Waals surface area contributed by atoms with Gasteiger partial charge in [-0.3, -0.25) is 4.79 Å². The van der Waals surface area contributed by atoms with E-state index in [1.807, 2.05) is 18.2 Å². The molecule has 2 N–H and O–H groups in total. The van der Waals surface area contributed by atoms with Gasteiger partial charge in [-0.05, 0) is 39.2 Å². The normalized spacial score (nSPS) is 23.4. The Bertz CT molecular complexity index is 725. The summed E-state index contributed by atoms with van der Waals surface area (Å²) in [6.45, 7) is 2.93. The number of aryl methyl sites for hydroxylation is 1. The largest absolute Gasteiger partial charge is 0.361 e. The summed E-state index contributed by atoms with van der Waals surface area (Å²) >= 11 is 0. The average Bonchev–Trinajstić information content (AvgIpc) is 3.08. The van der Waals surface area contributed by atoms with Crippen LogP contribution < -0.4 is 10.6 Å². The van der Waals surface area contributed by atoms with Crippen LogP contribution in [0.1, 0.15) is 37.0 Å². The van der Waals surface area contributed by atoms with Crippen molar-refractivity contribution in [2.45, 2.75) is 50.6 Å². The second kappa shape index (κ2) is 6.06. The molecule has 2 aromatic rings. The third-order valence-electron chi connectivity index (χ3n) is 4.97. The van der Waals surface area contributed by atoms with Gasteiger partial charge in [0.2, 0.25) is 5.91 Å². The summed E-state index contributed by atoms with van der Waals surface area (Å²) in [6, 6.07) is 10.5. The fourth-order valence-corrected chi connectivity index (χ4v) is 3.34. The highest BCUT2D eigenvalue weighted by Gasteiger charge is 2.43. The quantitative estimate of drug-likeness (QED) is 0.887. The fraction of sp³-hybridized carbons (Fsp3) is 0.474. The van der Waals surface area contributed by atoms with E-state index in [-0.39, 0.29) is 5.91 Å². The molecule has 0 bridgehead atoms. The predicted molar refractivity (Wildman–Crippen MR) is 91.5 cm³/mol. The molecule has 1 unspecified atom stereocenters. The molecule has 1 aromatic carbocycles. The molecule has 1 saturated heterocycles. The maximum atomic E-state index is 12.7. The van der Waals surface area contributed by atoms with Crippen LogP contribution in [0.3, 0.4) is 0 Å². The van der Waals surface area contributed by atoms with E-state index in [1.165, 1.54) is 5.56 Å². The van der Waals surface area contributed by atoms with Gasteiger partial charge in [0.25, 0.3) is 0 Å². The van der Waals surface area contributed by atoms with Crippen molar-refractivity contribution in [3.8, 4) is 11.3 Å². The molecule has 5 nitrogen and oxygen atoms in total. The first-order valence-corrected chi connectivity index (χ1v) is 8.73. The van der Waals surface area contributed by atoms with Crippen LogP contribution in [-0.2, 0) is 11.2 Å². The Labute approximate surface area is 141 Å². The number of aromatic nitrogens is 1. The summed E-state index contributed by atoms with van der Waals surface area (Å²) in [5.41, 5.74) is 2.52. The Morgan fingerprint density at radius 1 is 1.38 bits per heavy atom. The maximum absolute atomic E-state index is 12.7. The molecule has 2 heterocycles. The van der Waals surface area contributed by atoms with E-state index in [0.29, 0.717) is 12.5 Å². The Morgan fingerprint density at radius 2 is 2.17 bits per heavy atom. The molecule has 2 fully saturated rings. The zero-order chi connectivity index (χ0) is 16.6. The van der Waals surface area contributed by atoms with Crippen LogP contribution in [0.2, 0.25) is 0 Å². The first-order valence-electron chi connectivity index (χ1n) is 8.73. The van der Waals surface area contributed by atoms with Crippen molar-refractivity contribution in [1.29, 1.82) is 0 Å². The Balaban J connectivity index is 1.52. The third-order valence-corrected chi connectivity index (χ3v) is 4.97. The molecule has 1 aromatic heterocycles. The molecule has 2 aliphatic rings. The maximum Gasteiger partial charge on any atom is 0.240 e. The first kappa shape index (κ1) is 15.4. The lowest BCUT2D eigenvalue weighted by molar-refractivity contribution is -0.127. The van der Waals surface area contributed by atoms with Crippen LogP contribution in [0.25, 0.3) is 11.3 Å². The number of rotatable bonds is 5. The van der Waals surface area contributed by atoms with Gasteiger partial charge in [0.1, 0.15) is 17.0 Å². The molecule has 0 radical (unpaired) electrons. The zero-order valence-electron chi connectivity index (χ0n) is 14.0. The van der Waals surface area contributed by atoms with Crippen LogP contribution in [-0.4, -0.2) is 29.2 Å². The molecule has 126 valence electrons. The smallest absolute Gasteiger partial charge is 0.240 e. The lowest BCUT2D eigenvalue weighted by atomic mass is 9.90. The number of hydrogen-bond acceptors (Lipinski definition) is 4. The zero-order valence-corrected chi connectivity index (χ0v) is 14.0. The number of benzene rings is 1. The summed E-state index contributed by atoms with van der Waals surface area (Å²) in [6.07, 6.45) is 4.59. The van der Waals surface area contributed by atoms with Crippen LogP contribution in [0.4, 0.5) is 0 Å². The van der Waals surface area contributed by atoms with E-state index in [1.54, 1.807) is 0 Å². The van der Waals surface area contributed by atoms with Gasteiger partial charge in [0, 0.05) is 24.1 Å². The number of nitrogens with zero attached hydrogens (tertiary/aromatic N) is 1. The van der Waals surface area contributed by atoms with Crippen LogP contribution in [0.15, 0.2) is 34.9 Å². The first-order chi connectivity index (χ1) is 11.6. The summed E-state index contributed by atoms with van der Waals surface area (Å²) in [5.74, 6) is 0.863. The van der Waals surface area contributed by atoms with Crippen molar-refractivity contribution in [3.05, 3.63) is 41.7 Å². The Hall–Kier alpha value is -2.14. The minimum atomic E-state index is -0.549. The number of hydrogen-bond donors (Lipinski definition) is 2. The number of nitrogens with one attached hydrogen (secondary N) is 2.